The van der Waals surface area contributed by atoms with Crippen molar-refractivity contribution in [3.63, 3.8) is 0 Å². The minimum absolute atomic E-state index is 0.148. The van der Waals surface area contributed by atoms with Gasteiger partial charge in [0.15, 0.2) is 0 Å². The lowest BCUT2D eigenvalue weighted by atomic mass is 9.89. The molecule has 3 nitrogen and oxygen atoms in total. The Morgan fingerprint density at radius 2 is 1.83 bits per heavy atom. The van der Waals surface area contributed by atoms with Crippen LogP contribution < -0.4 is 4.74 Å². The Bertz CT molecular complexity index is 947. The molecule has 0 N–H and O–H groups in total. The summed E-state index contributed by atoms with van der Waals surface area (Å²) in [4.78, 5) is 0. The van der Waals surface area contributed by atoms with Gasteiger partial charge in [-0.25, -0.2) is 0 Å². The lowest BCUT2D eigenvalue weighted by Gasteiger charge is -2.20. The van der Waals surface area contributed by atoms with Crippen molar-refractivity contribution in [3.8, 4) is 5.75 Å². The summed E-state index contributed by atoms with van der Waals surface area (Å²) in [5.41, 5.74) is 2.66. The highest BCUT2D eigenvalue weighted by Gasteiger charge is 2.29. The van der Waals surface area contributed by atoms with Crippen molar-refractivity contribution in [2.75, 3.05) is 6.61 Å². The van der Waals surface area contributed by atoms with Gasteiger partial charge in [0.1, 0.15) is 16.8 Å². The van der Waals surface area contributed by atoms with E-state index in [4.69, 9.17) is 27.9 Å². The van der Waals surface area contributed by atoms with Crippen molar-refractivity contribution in [2.45, 2.75) is 25.4 Å². The highest BCUT2D eigenvalue weighted by Crippen LogP contribution is 2.31. The van der Waals surface area contributed by atoms with E-state index in [1.807, 2.05) is 18.2 Å². The van der Waals surface area contributed by atoms with Crippen LogP contribution >= 0.6 is 23.2 Å². The van der Waals surface area contributed by atoms with E-state index in [1.54, 1.807) is 6.08 Å². The first-order valence-electron chi connectivity index (χ1n) is 8.88. The minimum atomic E-state index is -4.35. The third-order valence-corrected chi connectivity index (χ3v) is 4.69. The Morgan fingerprint density at radius 1 is 1.07 bits per heavy atom. The molecule has 1 aliphatic carbocycles. The molecule has 0 unspecified atom stereocenters. The highest BCUT2D eigenvalue weighted by atomic mass is 35.5. The quantitative estimate of drug-likeness (QED) is 0.382. The van der Waals surface area contributed by atoms with E-state index >= 15 is 0 Å². The Labute approximate surface area is 176 Å². The van der Waals surface area contributed by atoms with Gasteiger partial charge in [0.2, 0.25) is 0 Å². The van der Waals surface area contributed by atoms with Crippen molar-refractivity contribution >= 4 is 35.1 Å². The summed E-state index contributed by atoms with van der Waals surface area (Å²) in [5, 5.41) is 8.36. The number of hydrogen-bond acceptors (Lipinski definition) is 3. The zero-order chi connectivity index (χ0) is 20.9. The molecular formula is C21H17Cl2F3N2O. The molecule has 3 rings (SSSR count). The molecule has 29 heavy (non-hydrogen) atoms. The van der Waals surface area contributed by atoms with Gasteiger partial charge in [-0.05, 0) is 49.1 Å². The molecule has 152 valence electrons. The lowest BCUT2D eigenvalue weighted by Crippen LogP contribution is -2.13. The van der Waals surface area contributed by atoms with Crippen LogP contribution in [-0.2, 0) is 12.6 Å². The number of halogens is 5. The number of rotatable bonds is 5. The van der Waals surface area contributed by atoms with Crippen LogP contribution in [0.25, 0.3) is 0 Å². The molecular weight excluding hydrogens is 424 g/mol. The molecule has 2 aromatic rings. The zero-order valence-electron chi connectivity index (χ0n) is 15.2. The molecule has 0 radical (unpaired) electrons. The SMILES string of the molecule is FC(F)(F)c1ccc(C=NN=C2CCCc3c(OCC=C(Cl)Cl)cccc32)cc1. The molecule has 0 amide bonds. The second kappa shape index (κ2) is 9.46. The maximum absolute atomic E-state index is 12.6. The van der Waals surface area contributed by atoms with Gasteiger partial charge in [0, 0.05) is 11.1 Å². The van der Waals surface area contributed by atoms with Gasteiger partial charge in [0.05, 0.1) is 17.5 Å². The topological polar surface area (TPSA) is 34.0 Å². The van der Waals surface area contributed by atoms with Gasteiger partial charge < -0.3 is 4.74 Å². The van der Waals surface area contributed by atoms with Crippen LogP contribution in [0.3, 0.4) is 0 Å². The highest BCUT2D eigenvalue weighted by molar-refractivity contribution is 6.55. The number of benzene rings is 2. The van der Waals surface area contributed by atoms with Crippen molar-refractivity contribution in [1.29, 1.82) is 0 Å². The Hall–Kier alpha value is -2.31. The molecule has 0 fully saturated rings. The third-order valence-electron chi connectivity index (χ3n) is 4.38. The fraction of sp³-hybridized carbons (Fsp3) is 0.238. The summed E-state index contributed by atoms with van der Waals surface area (Å²) < 4.78 is 43.8. The molecule has 0 atom stereocenters. The summed E-state index contributed by atoms with van der Waals surface area (Å²) in [6.45, 7) is 0.261. The predicted octanol–water partition coefficient (Wildman–Crippen LogP) is 6.56. The van der Waals surface area contributed by atoms with Crippen LogP contribution in [0, 0.1) is 0 Å². The number of hydrogen-bond donors (Lipinski definition) is 0. The molecule has 1 aliphatic rings. The van der Waals surface area contributed by atoms with Crippen LogP contribution in [0.5, 0.6) is 5.75 Å². The first-order valence-corrected chi connectivity index (χ1v) is 9.63. The average molecular weight is 441 g/mol. The average Bonchev–Trinajstić information content (AvgIpc) is 2.68. The normalized spacial score (nSPS) is 15.4. The molecule has 0 spiro atoms. The van der Waals surface area contributed by atoms with E-state index in [1.165, 1.54) is 18.3 Å². The fourth-order valence-electron chi connectivity index (χ4n) is 3.02. The third kappa shape index (κ3) is 5.84. The van der Waals surface area contributed by atoms with E-state index < -0.39 is 11.7 Å². The number of alkyl halides is 3. The maximum atomic E-state index is 12.6. The first kappa shape index (κ1) is 21.4. The van der Waals surface area contributed by atoms with Gasteiger partial charge in [0.25, 0.3) is 0 Å². The van der Waals surface area contributed by atoms with Gasteiger partial charge in [-0.1, -0.05) is 47.5 Å². The predicted molar refractivity (Wildman–Crippen MR) is 110 cm³/mol. The summed E-state index contributed by atoms with van der Waals surface area (Å²) in [6, 6.07) is 10.5. The summed E-state index contributed by atoms with van der Waals surface area (Å²) in [5.74, 6) is 0.743. The van der Waals surface area contributed by atoms with Crippen molar-refractivity contribution in [1.82, 2.24) is 0 Å². The molecule has 0 saturated carbocycles. The summed E-state index contributed by atoms with van der Waals surface area (Å²) in [7, 11) is 0. The second-order valence-corrected chi connectivity index (χ2v) is 7.36. The monoisotopic (exact) mass is 440 g/mol. The van der Waals surface area contributed by atoms with Crippen LogP contribution in [0.15, 0.2) is 63.2 Å². The molecule has 0 aromatic heterocycles. The standard InChI is InChI=1S/C21H17Cl2F3N2O/c22-20(23)11-12-29-19-6-2-3-16-17(19)4-1-5-18(16)28-27-13-14-7-9-15(10-8-14)21(24,25)26/h2-3,6-11,13H,1,4-5,12H2. The molecule has 0 saturated heterocycles. The Balaban J connectivity index is 1.77. The summed E-state index contributed by atoms with van der Waals surface area (Å²) >= 11 is 11.2. The van der Waals surface area contributed by atoms with Gasteiger partial charge in [-0.2, -0.15) is 23.4 Å². The first-order chi connectivity index (χ1) is 13.8. The van der Waals surface area contributed by atoms with E-state index in [9.17, 15) is 13.2 Å². The zero-order valence-corrected chi connectivity index (χ0v) is 16.7. The molecule has 8 heteroatoms. The number of ether oxygens (including phenoxy) is 1. The van der Waals surface area contributed by atoms with E-state index in [2.05, 4.69) is 10.2 Å². The molecule has 2 aromatic carbocycles. The minimum Gasteiger partial charge on any atom is -0.489 e. The Morgan fingerprint density at radius 3 is 2.52 bits per heavy atom. The van der Waals surface area contributed by atoms with Crippen molar-refractivity contribution < 1.29 is 17.9 Å². The molecule has 0 bridgehead atoms. The largest absolute Gasteiger partial charge is 0.489 e. The maximum Gasteiger partial charge on any atom is 0.416 e. The fourth-order valence-corrected chi connectivity index (χ4v) is 3.14. The van der Waals surface area contributed by atoms with Crippen molar-refractivity contribution in [2.24, 2.45) is 10.2 Å². The van der Waals surface area contributed by atoms with Gasteiger partial charge in [-0.15, -0.1) is 0 Å². The number of nitrogens with zero attached hydrogens (tertiary/aromatic N) is 2. The van der Waals surface area contributed by atoms with Crippen LogP contribution in [-0.4, -0.2) is 18.5 Å². The van der Waals surface area contributed by atoms with Gasteiger partial charge >= 0.3 is 6.18 Å². The van der Waals surface area contributed by atoms with E-state index in [-0.39, 0.29) is 11.1 Å². The number of fused-ring (bicyclic) bond motifs is 1. The smallest absolute Gasteiger partial charge is 0.416 e. The second-order valence-electron chi connectivity index (χ2n) is 6.35. The molecule has 0 aliphatic heterocycles. The van der Waals surface area contributed by atoms with Crippen LogP contribution in [0.1, 0.15) is 35.1 Å². The van der Waals surface area contributed by atoms with Crippen molar-refractivity contribution in [3.05, 3.63) is 75.3 Å². The van der Waals surface area contributed by atoms with Crippen LogP contribution in [0.2, 0.25) is 0 Å². The summed E-state index contributed by atoms with van der Waals surface area (Å²) in [6.07, 6.45) is 1.16. The Kier molecular flexibility index (Phi) is 6.98. The molecule has 0 heterocycles. The van der Waals surface area contributed by atoms with E-state index in [0.29, 0.717) is 5.56 Å². The van der Waals surface area contributed by atoms with Crippen LogP contribution in [0.4, 0.5) is 13.2 Å². The lowest BCUT2D eigenvalue weighted by molar-refractivity contribution is -0.137. The van der Waals surface area contributed by atoms with Gasteiger partial charge in [-0.3, -0.25) is 0 Å². The van der Waals surface area contributed by atoms with E-state index in [0.717, 1.165) is 54.0 Å².